The molecule has 0 N–H and O–H groups in total. The van der Waals surface area contributed by atoms with E-state index in [9.17, 15) is 4.79 Å². The predicted molar refractivity (Wildman–Crippen MR) is 110 cm³/mol. The van der Waals surface area contributed by atoms with Gasteiger partial charge in [0, 0.05) is 31.3 Å². The number of amides is 1. The van der Waals surface area contributed by atoms with Gasteiger partial charge in [0.2, 0.25) is 0 Å². The van der Waals surface area contributed by atoms with E-state index in [1.165, 1.54) is 4.90 Å². The summed E-state index contributed by atoms with van der Waals surface area (Å²) < 4.78 is 26.7. The number of ether oxygens (including phenoxy) is 4. The van der Waals surface area contributed by atoms with Gasteiger partial charge in [-0.15, -0.1) is 0 Å². The quantitative estimate of drug-likeness (QED) is 0.558. The van der Waals surface area contributed by atoms with Crippen LogP contribution in [0.2, 0.25) is 0 Å². The molecule has 0 unspecified atom stereocenters. The second-order valence-corrected chi connectivity index (χ2v) is 6.48. The number of carbonyl (C=O) groups is 1. The average Bonchev–Trinajstić information content (AvgIpc) is 3.28. The lowest BCUT2D eigenvalue weighted by atomic mass is 10.1. The van der Waals surface area contributed by atoms with Gasteiger partial charge in [0.05, 0.1) is 34.0 Å². The molecule has 0 saturated heterocycles. The number of rotatable bonds is 8. The van der Waals surface area contributed by atoms with Crippen molar-refractivity contribution in [3.63, 3.8) is 0 Å². The van der Waals surface area contributed by atoms with E-state index in [4.69, 9.17) is 23.5 Å². The Balaban J connectivity index is 1.81. The highest BCUT2D eigenvalue weighted by molar-refractivity contribution is 5.93. The zero-order valence-electron chi connectivity index (χ0n) is 17.6. The molecule has 0 aliphatic rings. The van der Waals surface area contributed by atoms with Crippen molar-refractivity contribution in [2.75, 3.05) is 35.5 Å². The number of aromatic nitrogens is 1. The summed E-state index contributed by atoms with van der Waals surface area (Å²) in [6.45, 7) is 0.330. The molecule has 8 nitrogen and oxygen atoms in total. The lowest BCUT2D eigenvalue weighted by molar-refractivity contribution is 0.0774. The van der Waals surface area contributed by atoms with Crippen LogP contribution in [-0.2, 0) is 6.54 Å². The fraction of sp³-hybridized carbons (Fsp3) is 0.273. The summed E-state index contributed by atoms with van der Waals surface area (Å²) in [5.74, 6) is 2.66. The van der Waals surface area contributed by atoms with Gasteiger partial charge in [-0.05, 0) is 30.3 Å². The second-order valence-electron chi connectivity index (χ2n) is 6.48. The monoisotopic (exact) mass is 412 g/mol. The van der Waals surface area contributed by atoms with Crippen molar-refractivity contribution in [3.8, 4) is 34.3 Å². The Kier molecular flexibility index (Phi) is 6.46. The first-order valence-electron chi connectivity index (χ1n) is 9.16. The van der Waals surface area contributed by atoms with Crippen molar-refractivity contribution < 1.29 is 28.3 Å². The maximum Gasteiger partial charge on any atom is 0.276 e. The van der Waals surface area contributed by atoms with Crippen molar-refractivity contribution in [1.29, 1.82) is 0 Å². The fourth-order valence-electron chi connectivity index (χ4n) is 3.01. The number of carbonyl (C=O) groups excluding carboxylic acids is 1. The summed E-state index contributed by atoms with van der Waals surface area (Å²) >= 11 is 0. The first-order valence-corrected chi connectivity index (χ1v) is 9.16. The van der Waals surface area contributed by atoms with Crippen LogP contribution in [0.25, 0.3) is 11.3 Å². The smallest absolute Gasteiger partial charge is 0.276 e. The molecule has 30 heavy (non-hydrogen) atoms. The van der Waals surface area contributed by atoms with Crippen molar-refractivity contribution >= 4 is 5.91 Å². The van der Waals surface area contributed by atoms with E-state index in [-0.39, 0.29) is 11.6 Å². The number of hydrogen-bond acceptors (Lipinski definition) is 7. The highest BCUT2D eigenvalue weighted by Crippen LogP contribution is 2.34. The molecule has 0 bridgehead atoms. The maximum absolute atomic E-state index is 12.9. The van der Waals surface area contributed by atoms with Crippen LogP contribution in [0, 0.1) is 0 Å². The van der Waals surface area contributed by atoms with Crippen LogP contribution >= 0.6 is 0 Å². The van der Waals surface area contributed by atoms with Gasteiger partial charge in [-0.25, -0.2) is 0 Å². The molecule has 3 aromatic rings. The molecule has 1 aromatic heterocycles. The van der Waals surface area contributed by atoms with Crippen molar-refractivity contribution in [2.45, 2.75) is 6.54 Å². The molecule has 0 aliphatic heterocycles. The molecule has 0 aliphatic carbocycles. The lowest BCUT2D eigenvalue weighted by Gasteiger charge is -2.18. The molecular formula is C22H24N2O6. The fourth-order valence-corrected chi connectivity index (χ4v) is 3.01. The first kappa shape index (κ1) is 21.0. The number of methoxy groups -OCH3 is 4. The number of hydrogen-bond donors (Lipinski definition) is 0. The van der Waals surface area contributed by atoms with Crippen LogP contribution in [-0.4, -0.2) is 51.5 Å². The van der Waals surface area contributed by atoms with Gasteiger partial charge >= 0.3 is 0 Å². The third-order valence-electron chi connectivity index (χ3n) is 4.65. The van der Waals surface area contributed by atoms with Gasteiger partial charge in [0.15, 0.2) is 11.5 Å². The second kappa shape index (κ2) is 9.21. The van der Waals surface area contributed by atoms with Gasteiger partial charge < -0.3 is 28.4 Å². The summed E-state index contributed by atoms with van der Waals surface area (Å²) in [6, 6.07) is 12.3. The molecule has 2 aromatic carbocycles. The summed E-state index contributed by atoms with van der Waals surface area (Å²) in [4.78, 5) is 14.4. The van der Waals surface area contributed by atoms with Crippen molar-refractivity contribution in [1.82, 2.24) is 10.1 Å². The van der Waals surface area contributed by atoms with Gasteiger partial charge in [-0.3, -0.25) is 4.79 Å². The SMILES string of the molecule is COc1ccc(CN(C)C(=O)c2cc(-c3cc(OC)ccc3OC)on2)c(OC)c1. The number of benzene rings is 2. The zero-order valence-corrected chi connectivity index (χ0v) is 17.6. The van der Waals surface area contributed by atoms with E-state index < -0.39 is 0 Å². The van der Waals surface area contributed by atoms with Crippen molar-refractivity contribution in [3.05, 3.63) is 53.7 Å². The zero-order chi connectivity index (χ0) is 21.7. The standard InChI is InChI=1S/C22H24N2O6/c1-24(13-14-6-7-16(27-3)11-20(14)29-5)22(25)18-12-21(30-23-18)17-10-15(26-2)8-9-19(17)28-4/h6-12H,13H2,1-5H3. The highest BCUT2D eigenvalue weighted by Gasteiger charge is 2.21. The van der Waals surface area contributed by atoms with E-state index in [2.05, 4.69) is 5.16 Å². The Morgan fingerprint density at radius 2 is 1.57 bits per heavy atom. The molecule has 8 heteroatoms. The molecule has 158 valence electrons. The molecule has 0 radical (unpaired) electrons. The molecule has 3 rings (SSSR count). The molecule has 0 saturated carbocycles. The minimum atomic E-state index is -0.287. The summed E-state index contributed by atoms with van der Waals surface area (Å²) in [5, 5.41) is 3.94. The third kappa shape index (κ3) is 4.32. The normalized spacial score (nSPS) is 10.4. The molecule has 0 fully saturated rings. The first-order chi connectivity index (χ1) is 14.5. The predicted octanol–water partition coefficient (Wildman–Crippen LogP) is 3.65. The highest BCUT2D eigenvalue weighted by atomic mass is 16.5. The Morgan fingerprint density at radius 1 is 0.900 bits per heavy atom. The summed E-state index contributed by atoms with van der Waals surface area (Å²) in [6.07, 6.45) is 0. The van der Waals surface area contributed by atoms with E-state index in [0.717, 1.165) is 5.56 Å². The van der Waals surface area contributed by atoms with E-state index in [1.807, 2.05) is 12.1 Å². The topological polar surface area (TPSA) is 83.3 Å². The average molecular weight is 412 g/mol. The minimum absolute atomic E-state index is 0.185. The van der Waals surface area contributed by atoms with Gasteiger partial charge in [0.25, 0.3) is 5.91 Å². The maximum atomic E-state index is 12.9. The minimum Gasteiger partial charge on any atom is -0.497 e. The van der Waals surface area contributed by atoms with E-state index in [1.54, 1.807) is 65.8 Å². The lowest BCUT2D eigenvalue weighted by Crippen LogP contribution is -2.26. The molecule has 0 atom stereocenters. The third-order valence-corrected chi connectivity index (χ3v) is 4.65. The van der Waals surface area contributed by atoms with E-state index >= 15 is 0 Å². The Bertz CT molecular complexity index is 1030. The van der Waals surface area contributed by atoms with Crippen LogP contribution in [0.5, 0.6) is 23.0 Å². The summed E-state index contributed by atoms with van der Waals surface area (Å²) in [7, 11) is 7.98. The van der Waals surface area contributed by atoms with Crippen LogP contribution in [0.1, 0.15) is 16.1 Å². The van der Waals surface area contributed by atoms with E-state index in [0.29, 0.717) is 40.9 Å². The van der Waals surface area contributed by atoms with Gasteiger partial charge in [0.1, 0.15) is 23.0 Å². The molecule has 1 amide bonds. The Hall–Kier alpha value is -3.68. The van der Waals surface area contributed by atoms with Gasteiger partial charge in [-0.1, -0.05) is 5.16 Å². The molecular weight excluding hydrogens is 388 g/mol. The van der Waals surface area contributed by atoms with Crippen LogP contribution in [0.4, 0.5) is 0 Å². The van der Waals surface area contributed by atoms with Crippen LogP contribution in [0.3, 0.4) is 0 Å². The van der Waals surface area contributed by atoms with Crippen molar-refractivity contribution in [2.24, 2.45) is 0 Å². The largest absolute Gasteiger partial charge is 0.497 e. The van der Waals surface area contributed by atoms with Crippen LogP contribution < -0.4 is 18.9 Å². The number of nitrogens with zero attached hydrogens (tertiary/aromatic N) is 2. The summed E-state index contributed by atoms with van der Waals surface area (Å²) in [5.41, 5.74) is 1.67. The van der Waals surface area contributed by atoms with Gasteiger partial charge in [-0.2, -0.15) is 0 Å². The molecule has 0 spiro atoms. The molecule has 1 heterocycles. The Labute approximate surface area is 174 Å². The van der Waals surface area contributed by atoms with Crippen LogP contribution in [0.15, 0.2) is 47.0 Å². The Morgan fingerprint density at radius 3 is 2.23 bits per heavy atom.